The Balaban J connectivity index is 0.00000210. The maximum Gasteiger partial charge on any atom is 0.323 e. The fraction of sp³-hybridized carbons (Fsp3) is 0.490. The summed E-state index contributed by atoms with van der Waals surface area (Å²) in [5.41, 5.74) is 10.9. The molecule has 812 valence electrons. The molecule has 1 fully saturated rings. The second-order valence-electron chi connectivity index (χ2n) is 35.9. The Bertz CT molecular complexity index is 6150. The number of pyridine rings is 2. The van der Waals surface area contributed by atoms with E-state index in [0.717, 1.165) is 33.4 Å². The summed E-state index contributed by atoms with van der Waals surface area (Å²) in [5, 5.41) is 70.0. The lowest BCUT2D eigenvalue weighted by molar-refractivity contribution is -0.140. The number of hydrogen-bond donors (Lipinski definition) is 19. The van der Waals surface area contributed by atoms with Gasteiger partial charge in [-0.15, -0.1) is 0 Å². The number of ketones is 1. The topological polar surface area (TPSA) is 697 Å². The highest BCUT2D eigenvalue weighted by molar-refractivity contribution is 7.89. The highest BCUT2D eigenvalue weighted by atomic mass is 32.2. The molecule has 20 N–H and O–H groups in total. The van der Waals surface area contributed by atoms with Crippen LogP contribution in [0, 0.1) is 41.5 Å². The molecule has 9 rings (SSSR count). The number of fused-ring (bicyclic) bond motifs is 2. The number of amides is 9. The number of imidazole rings is 2. The monoisotopic (exact) mass is 2110 g/mol. The van der Waals surface area contributed by atoms with E-state index < -0.39 is 147 Å². The highest BCUT2D eigenvalue weighted by Crippen LogP contribution is 2.25. The predicted molar refractivity (Wildman–Crippen MR) is 548 cm³/mol. The number of benzene rings is 4. The summed E-state index contributed by atoms with van der Waals surface area (Å²) in [7, 11) is -4.40. The summed E-state index contributed by atoms with van der Waals surface area (Å²) in [6, 6.07) is 13.1. The van der Waals surface area contributed by atoms with Gasteiger partial charge < -0.3 is 118 Å². The number of Topliss-reactive ketones (excluding diaryl/α,β-unsaturated/α-hetero) is 1. The van der Waals surface area contributed by atoms with E-state index in [4.69, 9.17) is 15.2 Å². The molecule has 5 heterocycles. The molecular weight excluding hydrogens is 1980 g/mol. The van der Waals surface area contributed by atoms with Crippen molar-refractivity contribution in [3.8, 4) is 0 Å². The Labute approximate surface area is 863 Å². The zero-order chi connectivity index (χ0) is 109. The van der Waals surface area contributed by atoms with Crippen molar-refractivity contribution in [3.05, 3.63) is 174 Å². The van der Waals surface area contributed by atoms with Crippen LogP contribution in [0.4, 0.5) is 11.9 Å². The van der Waals surface area contributed by atoms with Gasteiger partial charge in [-0.2, -0.15) is 4.72 Å². The SMILES string of the molecule is CC(=O)[C@@H](N)CNC(=O)c1cn(CCCNC(=O)CCC(=O)NCCCOCNC(=O)[C@H](CCC(=O)NCCCOCCCNC(=O)CCC(=O)NCCCn2cc(C(=O)NC[C@H](NS(=O)(=O)c3c(C)cc(C)cc3C)C(=O)O)c(=O)c3ccc(CNc4ncc[nH]4)cc32)NC(=O)CN2CCN(CC(=O)O)CCN(CC(=O)O)CCN(CC(=O)O)CC2)c2cc(CNc3ncc[nH]3)ccc2c1=O.Cc1cc(C)c(S(=O)[O-])c(C)c1. The summed E-state index contributed by atoms with van der Waals surface area (Å²) in [6.45, 7) is 12.2. The molecule has 0 spiro atoms. The Hall–Kier alpha value is -14.2. The molecule has 0 bridgehead atoms. The van der Waals surface area contributed by atoms with Crippen LogP contribution in [0.3, 0.4) is 0 Å². The minimum atomic E-state index is -4.40. The van der Waals surface area contributed by atoms with Gasteiger partial charge in [-0.05, 0) is 156 Å². The number of H-pyrrole nitrogens is 2. The summed E-state index contributed by atoms with van der Waals surface area (Å²) in [6.07, 6.45) is 9.80. The first-order chi connectivity index (χ1) is 71.0. The summed E-state index contributed by atoms with van der Waals surface area (Å²) < 4.78 is 65.5. The fourth-order valence-electron chi connectivity index (χ4n) is 16.3. The van der Waals surface area contributed by atoms with E-state index in [2.05, 4.69) is 83.1 Å². The Kier molecular flexibility index (Phi) is 49.6. The zero-order valence-corrected chi connectivity index (χ0v) is 86.2. The summed E-state index contributed by atoms with van der Waals surface area (Å²) in [4.78, 5) is 228. The van der Waals surface area contributed by atoms with Crippen molar-refractivity contribution in [1.29, 1.82) is 0 Å². The lowest BCUT2D eigenvalue weighted by atomic mass is 10.1. The normalized spacial score (nSPS) is 13.7. The van der Waals surface area contributed by atoms with Crippen LogP contribution < -0.4 is 79.8 Å². The van der Waals surface area contributed by atoms with Crippen molar-refractivity contribution in [2.45, 2.75) is 173 Å². The molecule has 4 atom stereocenters. The molecule has 1 saturated heterocycles. The van der Waals surface area contributed by atoms with Gasteiger partial charge in [-0.25, -0.2) is 18.4 Å². The smallest absolute Gasteiger partial charge is 0.323 e. The number of aromatic amines is 2. The number of nitrogens with two attached hydrogens (primary N) is 1. The molecule has 4 aromatic heterocycles. The molecule has 0 aliphatic carbocycles. The first-order valence-electron chi connectivity index (χ1n) is 48.7. The van der Waals surface area contributed by atoms with Crippen LogP contribution in [0.5, 0.6) is 0 Å². The molecule has 149 heavy (non-hydrogen) atoms. The van der Waals surface area contributed by atoms with E-state index in [1.165, 1.54) is 19.3 Å². The van der Waals surface area contributed by atoms with Crippen molar-refractivity contribution in [2.24, 2.45) is 5.73 Å². The molecule has 1 aliphatic rings. The first-order valence-corrected chi connectivity index (χ1v) is 51.3. The summed E-state index contributed by atoms with van der Waals surface area (Å²) in [5.74, 6) is -9.53. The Morgan fingerprint density at radius 2 is 0.866 bits per heavy atom. The third-order valence-corrected chi connectivity index (χ3v) is 26.5. The fourth-order valence-corrected chi connectivity index (χ4v) is 18.6. The van der Waals surface area contributed by atoms with E-state index in [9.17, 15) is 114 Å². The third kappa shape index (κ3) is 41.8. The molecule has 1 aliphatic heterocycles. The van der Waals surface area contributed by atoms with E-state index >= 15 is 0 Å². The summed E-state index contributed by atoms with van der Waals surface area (Å²) >= 11 is -2.11. The van der Waals surface area contributed by atoms with Gasteiger partial charge in [0.2, 0.25) is 62.2 Å². The molecular formula is C98H136N23O26S2-. The maximum atomic E-state index is 14.0. The number of hydrogen-bond acceptors (Lipinski definition) is 31. The molecule has 8 aromatic rings. The molecule has 1 unspecified atom stereocenters. The number of carboxylic acid groups (broad SMARTS) is 4. The first kappa shape index (κ1) is 120. The quantitative estimate of drug-likeness (QED) is 0.0138. The van der Waals surface area contributed by atoms with E-state index in [-0.39, 0.29) is 235 Å². The number of carbonyl (C=O) groups excluding carboxylic acids is 10. The van der Waals surface area contributed by atoms with Gasteiger partial charge in [0, 0.05) is 223 Å². The standard InChI is InChI=1S/C89H125N23O24S.C9H12O2S/c1-57-42-58(2)83(59(3)43-57)137(133,134)106-69(87(131)132)49-101-85(129)66-51-112(71-45-62(11-13-64(71)82(66)127)47-103-89-98-27-28-99-89)30-6-21-92-73(115)16-18-75(117)94-23-8-40-135-39-7-22-93-72(114)15-14-68(105-77(119)52-107-31-33-108(53-78(120)121)35-37-110(55-80(124)125)38-36-109(34-32-107)54-79(122)123)86(130)104-56-136-41-9-24-95-76(118)19-17-74(116)91-20-5-29-111-50-65(84(128)100-48-67(90)60(4)113)81(126)63-12-10-61(44-70(63)111)46-102-88-96-25-26-97-88;1-6-4-7(2)9(12(10)11)8(3)5-6/h10-13,25-28,42-45,50-51,67-69,106H,5-9,14-24,29-41,46-49,52-56,90H2,1-4H3,(H,91,116)(H,92,115)(H,93,114)(H,94,117)(H,95,118)(H,100,128)(H,101,129)(H,104,130)(H,105,119)(H,120,121)(H,122,123)(H,124,125)(H,131,132)(H2,96,97,102)(H2,98,99,103);4-5H,1-3H3,(H,10,11)/p-1/t67-,68-,69-;/m0./s1. The number of rotatable bonds is 59. The number of ether oxygens (including phenoxy) is 2. The van der Waals surface area contributed by atoms with Crippen molar-refractivity contribution >= 4 is 138 Å². The number of nitrogens with zero attached hydrogens (tertiary/aromatic N) is 8. The number of aromatic nitrogens is 6. The second kappa shape index (κ2) is 61.6. The van der Waals surface area contributed by atoms with Gasteiger partial charge in [-0.1, -0.05) is 47.5 Å². The number of sulfonamides is 1. The van der Waals surface area contributed by atoms with Gasteiger partial charge in [0.15, 0.2) is 11.9 Å². The molecule has 0 saturated carbocycles. The van der Waals surface area contributed by atoms with Gasteiger partial charge in [0.1, 0.15) is 35.7 Å². The van der Waals surface area contributed by atoms with E-state index in [1.54, 1.807) is 123 Å². The molecule has 49 nitrogen and oxygen atoms in total. The minimum absolute atomic E-state index is 0.0300. The molecule has 9 amide bonds. The van der Waals surface area contributed by atoms with Gasteiger partial charge in [0.25, 0.3) is 11.8 Å². The lowest BCUT2D eigenvalue weighted by Crippen LogP contribution is -2.52. The lowest BCUT2D eigenvalue weighted by Gasteiger charge is -2.33. The minimum Gasteiger partial charge on any atom is -0.768 e. The van der Waals surface area contributed by atoms with Crippen LogP contribution in [0.2, 0.25) is 0 Å². The van der Waals surface area contributed by atoms with Crippen molar-refractivity contribution < 1.29 is 114 Å². The largest absolute Gasteiger partial charge is 0.768 e. The van der Waals surface area contributed by atoms with Crippen molar-refractivity contribution in [1.82, 2.24) is 101 Å². The van der Waals surface area contributed by atoms with Gasteiger partial charge in [0.05, 0.1) is 54.8 Å². The van der Waals surface area contributed by atoms with E-state index in [1.807, 2.05) is 32.9 Å². The molecule has 51 heteroatoms. The average molecular weight is 2120 g/mol. The Morgan fingerprint density at radius 3 is 1.25 bits per heavy atom. The predicted octanol–water partition coefficient (Wildman–Crippen LogP) is 0.209. The second-order valence-corrected chi connectivity index (χ2v) is 38.5. The van der Waals surface area contributed by atoms with Gasteiger partial charge >= 0.3 is 23.9 Å². The van der Waals surface area contributed by atoms with E-state index in [0.29, 0.717) is 64.8 Å². The number of nitrogens with one attached hydrogen (secondary N) is 14. The zero-order valence-electron chi connectivity index (χ0n) is 84.6. The Morgan fingerprint density at radius 1 is 0.483 bits per heavy atom. The van der Waals surface area contributed by atoms with Crippen LogP contribution in [-0.4, -0.2) is 338 Å². The van der Waals surface area contributed by atoms with Crippen LogP contribution >= 0.6 is 0 Å². The average Bonchev–Trinajstić information content (AvgIpc) is 1.05. The van der Waals surface area contributed by atoms with Crippen molar-refractivity contribution in [3.63, 3.8) is 0 Å². The van der Waals surface area contributed by atoms with Crippen LogP contribution in [0.25, 0.3) is 21.8 Å². The number of carboxylic acids is 4. The third-order valence-electron chi connectivity index (χ3n) is 23.8. The van der Waals surface area contributed by atoms with Crippen LogP contribution in [0.1, 0.15) is 143 Å². The molecule has 0 radical (unpaired) electrons. The van der Waals surface area contributed by atoms with Gasteiger partial charge in [-0.3, -0.25) is 101 Å². The highest BCUT2D eigenvalue weighted by Gasteiger charge is 2.32. The van der Waals surface area contributed by atoms with Crippen LogP contribution in [0.15, 0.2) is 117 Å². The maximum absolute atomic E-state index is 14.0. The van der Waals surface area contributed by atoms with Crippen LogP contribution in [-0.2, 0) is 114 Å². The number of carbonyl (C=O) groups is 14. The number of anilines is 2. The number of aliphatic carboxylic acids is 4. The van der Waals surface area contributed by atoms with Crippen molar-refractivity contribution in [2.75, 3.05) is 162 Å². The molecule has 4 aromatic carbocycles. The number of aryl methyl sites for hydroxylation is 8.